The highest BCUT2D eigenvalue weighted by atomic mass is 35.5. The second-order valence-corrected chi connectivity index (χ2v) is 8.52. The molecule has 0 aromatic heterocycles. The van der Waals surface area contributed by atoms with Gasteiger partial charge in [0.25, 0.3) is 0 Å². The van der Waals surface area contributed by atoms with Gasteiger partial charge in [0.1, 0.15) is 5.75 Å². The van der Waals surface area contributed by atoms with Crippen LogP contribution < -0.4 is 10.5 Å². The zero-order chi connectivity index (χ0) is 16.9. The molecule has 0 amide bonds. The second kappa shape index (κ2) is 9.61. The molecule has 0 radical (unpaired) electrons. The van der Waals surface area contributed by atoms with Gasteiger partial charge in [-0.2, -0.15) is 4.31 Å². The third-order valence-corrected chi connectivity index (χ3v) is 6.25. The number of hydrogen-bond acceptors (Lipinski definition) is 4. The molecule has 0 atom stereocenters. The third-order valence-electron chi connectivity index (χ3n) is 4.33. The molecule has 0 aliphatic carbocycles. The van der Waals surface area contributed by atoms with Crippen LogP contribution in [0.2, 0.25) is 0 Å². The first-order valence-corrected chi connectivity index (χ1v) is 9.80. The fourth-order valence-corrected chi connectivity index (χ4v) is 4.12. The van der Waals surface area contributed by atoms with Crippen LogP contribution in [0.1, 0.15) is 33.1 Å². The maximum absolute atomic E-state index is 12.7. The summed E-state index contributed by atoms with van der Waals surface area (Å²) in [5.41, 5.74) is 5.66. The van der Waals surface area contributed by atoms with E-state index < -0.39 is 10.0 Å². The molecule has 0 bridgehead atoms. The summed E-state index contributed by atoms with van der Waals surface area (Å²) in [6.07, 6.45) is 2.66. The number of ether oxygens (including phenoxy) is 1. The summed E-state index contributed by atoms with van der Waals surface area (Å²) in [5.74, 6) is 1.75. The van der Waals surface area contributed by atoms with Gasteiger partial charge in [0.05, 0.1) is 11.5 Å². The normalized spacial score (nSPS) is 16.8. The Kier molecular flexibility index (Phi) is 8.50. The van der Waals surface area contributed by atoms with Gasteiger partial charge in [0.2, 0.25) is 10.0 Å². The molecule has 2 N–H and O–H groups in total. The average molecular weight is 377 g/mol. The van der Waals surface area contributed by atoms with E-state index in [1.807, 2.05) is 0 Å². The lowest BCUT2D eigenvalue weighted by atomic mass is 9.99. The van der Waals surface area contributed by atoms with E-state index >= 15 is 0 Å². The van der Waals surface area contributed by atoms with Crippen molar-refractivity contribution in [1.29, 1.82) is 0 Å². The quantitative estimate of drug-likeness (QED) is 0.794. The second-order valence-electron chi connectivity index (χ2n) is 6.59. The van der Waals surface area contributed by atoms with Crippen molar-refractivity contribution in [2.45, 2.75) is 38.0 Å². The molecule has 1 heterocycles. The van der Waals surface area contributed by atoms with Gasteiger partial charge >= 0.3 is 0 Å². The molecular formula is C17H29ClN2O3S. The van der Waals surface area contributed by atoms with Crippen LogP contribution in [-0.2, 0) is 10.0 Å². The molecule has 7 heteroatoms. The van der Waals surface area contributed by atoms with Crippen LogP contribution in [-0.4, -0.2) is 39.0 Å². The topological polar surface area (TPSA) is 72.6 Å². The molecule has 1 saturated heterocycles. The summed E-state index contributed by atoms with van der Waals surface area (Å²) in [6, 6.07) is 6.74. The minimum atomic E-state index is -3.41. The van der Waals surface area contributed by atoms with Crippen molar-refractivity contribution in [3.05, 3.63) is 24.3 Å². The number of piperidine rings is 1. The fraction of sp³-hybridized carbons (Fsp3) is 0.647. The average Bonchev–Trinajstić information content (AvgIpc) is 2.55. The van der Waals surface area contributed by atoms with Gasteiger partial charge in [0, 0.05) is 13.1 Å². The molecule has 138 valence electrons. The van der Waals surface area contributed by atoms with Crippen LogP contribution in [0, 0.1) is 11.8 Å². The first-order valence-electron chi connectivity index (χ1n) is 8.36. The Bertz CT molecular complexity index is 582. The van der Waals surface area contributed by atoms with Crippen molar-refractivity contribution < 1.29 is 13.2 Å². The summed E-state index contributed by atoms with van der Waals surface area (Å²) in [4.78, 5) is 0.333. The molecule has 1 aromatic rings. The van der Waals surface area contributed by atoms with Crippen LogP contribution in [0.5, 0.6) is 5.75 Å². The Morgan fingerprint density at radius 1 is 1.21 bits per heavy atom. The van der Waals surface area contributed by atoms with Crippen molar-refractivity contribution in [2.75, 3.05) is 26.2 Å². The molecule has 2 rings (SSSR count). The van der Waals surface area contributed by atoms with Gasteiger partial charge in [-0.1, -0.05) is 13.8 Å². The van der Waals surface area contributed by atoms with Crippen molar-refractivity contribution in [1.82, 2.24) is 4.31 Å². The van der Waals surface area contributed by atoms with Gasteiger partial charge in [-0.25, -0.2) is 8.42 Å². The van der Waals surface area contributed by atoms with Crippen molar-refractivity contribution in [3.8, 4) is 5.75 Å². The minimum Gasteiger partial charge on any atom is -0.494 e. The molecule has 0 unspecified atom stereocenters. The Morgan fingerprint density at radius 3 is 2.29 bits per heavy atom. The molecule has 0 spiro atoms. The Labute approximate surface area is 152 Å². The monoisotopic (exact) mass is 376 g/mol. The smallest absolute Gasteiger partial charge is 0.243 e. The predicted molar refractivity (Wildman–Crippen MR) is 99.2 cm³/mol. The summed E-state index contributed by atoms with van der Waals surface area (Å²) in [5, 5.41) is 0. The van der Waals surface area contributed by atoms with Gasteiger partial charge < -0.3 is 10.5 Å². The highest BCUT2D eigenvalue weighted by molar-refractivity contribution is 7.89. The van der Waals surface area contributed by atoms with Crippen LogP contribution in [0.4, 0.5) is 0 Å². The molecular weight excluding hydrogens is 348 g/mol. The van der Waals surface area contributed by atoms with Crippen LogP contribution in [0.25, 0.3) is 0 Å². The lowest BCUT2D eigenvalue weighted by Gasteiger charge is -2.30. The number of nitrogens with zero attached hydrogens (tertiary/aromatic N) is 1. The predicted octanol–water partition coefficient (Wildman–Crippen LogP) is 2.89. The van der Waals surface area contributed by atoms with E-state index in [1.165, 1.54) is 0 Å². The third kappa shape index (κ3) is 5.62. The van der Waals surface area contributed by atoms with E-state index in [1.54, 1.807) is 28.6 Å². The number of sulfonamides is 1. The maximum atomic E-state index is 12.7. The van der Waals surface area contributed by atoms with Gasteiger partial charge in [-0.15, -0.1) is 12.4 Å². The Hall–Kier alpha value is -0.820. The SMILES string of the molecule is CC(C)CCOc1ccc(S(=O)(=O)N2CCC(CN)CC2)cc1.Cl. The number of rotatable bonds is 7. The molecule has 1 aliphatic heterocycles. The van der Waals surface area contributed by atoms with E-state index in [2.05, 4.69) is 13.8 Å². The largest absolute Gasteiger partial charge is 0.494 e. The maximum Gasteiger partial charge on any atom is 0.243 e. The first-order chi connectivity index (χ1) is 10.9. The Morgan fingerprint density at radius 2 is 1.79 bits per heavy atom. The van der Waals surface area contributed by atoms with Crippen LogP contribution in [0.3, 0.4) is 0 Å². The zero-order valence-corrected chi connectivity index (χ0v) is 16.1. The van der Waals surface area contributed by atoms with Gasteiger partial charge in [-0.3, -0.25) is 0 Å². The number of nitrogens with two attached hydrogens (primary N) is 1. The molecule has 1 aliphatic rings. The van der Waals surface area contributed by atoms with Gasteiger partial charge in [0.15, 0.2) is 0 Å². The van der Waals surface area contributed by atoms with E-state index in [0.717, 1.165) is 19.3 Å². The Balaban J connectivity index is 0.00000288. The van der Waals surface area contributed by atoms with E-state index in [0.29, 0.717) is 48.7 Å². The molecule has 24 heavy (non-hydrogen) atoms. The van der Waals surface area contributed by atoms with Crippen molar-refractivity contribution in [3.63, 3.8) is 0 Å². The number of halogens is 1. The highest BCUT2D eigenvalue weighted by Crippen LogP contribution is 2.24. The number of hydrogen-bond donors (Lipinski definition) is 1. The lowest BCUT2D eigenvalue weighted by molar-refractivity contribution is 0.278. The molecule has 0 saturated carbocycles. The van der Waals surface area contributed by atoms with E-state index in [9.17, 15) is 8.42 Å². The highest BCUT2D eigenvalue weighted by Gasteiger charge is 2.28. The summed E-state index contributed by atoms with van der Waals surface area (Å²) >= 11 is 0. The summed E-state index contributed by atoms with van der Waals surface area (Å²) < 4.78 is 32.5. The first kappa shape index (κ1) is 21.2. The zero-order valence-electron chi connectivity index (χ0n) is 14.5. The molecule has 1 aromatic carbocycles. The summed E-state index contributed by atoms with van der Waals surface area (Å²) in [7, 11) is -3.41. The van der Waals surface area contributed by atoms with E-state index in [-0.39, 0.29) is 12.4 Å². The van der Waals surface area contributed by atoms with Crippen LogP contribution >= 0.6 is 12.4 Å². The lowest BCUT2D eigenvalue weighted by Crippen LogP contribution is -2.39. The molecule has 5 nitrogen and oxygen atoms in total. The van der Waals surface area contributed by atoms with Gasteiger partial charge in [-0.05, 0) is 61.9 Å². The van der Waals surface area contributed by atoms with E-state index in [4.69, 9.17) is 10.5 Å². The fourth-order valence-electron chi connectivity index (χ4n) is 2.65. The number of benzene rings is 1. The minimum absolute atomic E-state index is 0. The molecule has 1 fully saturated rings. The van der Waals surface area contributed by atoms with Crippen molar-refractivity contribution in [2.24, 2.45) is 17.6 Å². The standard InChI is InChI=1S/C17H28N2O3S.ClH/c1-14(2)9-12-22-16-3-5-17(6-4-16)23(20,21)19-10-7-15(13-18)8-11-19;/h3-6,14-15H,7-13,18H2,1-2H3;1H. The summed E-state index contributed by atoms with van der Waals surface area (Å²) in [6.45, 7) is 6.68. The van der Waals surface area contributed by atoms with Crippen molar-refractivity contribution >= 4 is 22.4 Å². The van der Waals surface area contributed by atoms with Crippen LogP contribution in [0.15, 0.2) is 29.2 Å².